The van der Waals surface area contributed by atoms with Gasteiger partial charge in [0, 0.05) is 0 Å². The van der Waals surface area contributed by atoms with Crippen molar-refractivity contribution in [1.82, 2.24) is 0 Å². The van der Waals surface area contributed by atoms with E-state index in [1.54, 1.807) is 12.1 Å². The Kier molecular flexibility index (Phi) is 4.15. The third kappa shape index (κ3) is 2.99. The Morgan fingerprint density at radius 3 is 2.50 bits per heavy atom. The minimum Gasteiger partial charge on any atom is -0.422 e. The van der Waals surface area contributed by atoms with Crippen molar-refractivity contribution in [3.05, 3.63) is 64.1 Å². The first-order valence-electron chi connectivity index (χ1n) is 5.76. The predicted molar refractivity (Wildman–Crippen MR) is 74.9 cm³/mol. The Morgan fingerprint density at radius 2 is 1.89 bits per heavy atom. The third-order valence-corrected chi connectivity index (χ3v) is 3.24. The summed E-state index contributed by atoms with van der Waals surface area (Å²) in [6, 6.07) is 14.7. The molecular weight excluding hydrogens is 292 g/mol. The lowest BCUT2D eigenvalue weighted by molar-refractivity contribution is 0.0733. The molecule has 0 aliphatic carbocycles. The van der Waals surface area contributed by atoms with Crippen molar-refractivity contribution in [2.75, 3.05) is 0 Å². The van der Waals surface area contributed by atoms with Crippen LogP contribution in [0.25, 0.3) is 0 Å². The maximum absolute atomic E-state index is 11.9. The summed E-state index contributed by atoms with van der Waals surface area (Å²) >= 11 is 3.41. The van der Waals surface area contributed by atoms with Crippen molar-refractivity contribution in [2.24, 2.45) is 0 Å². The van der Waals surface area contributed by atoms with Crippen LogP contribution in [0.15, 0.2) is 53.0 Å². The van der Waals surface area contributed by atoms with Crippen molar-refractivity contribution in [3.63, 3.8) is 0 Å². The van der Waals surface area contributed by atoms with E-state index in [-0.39, 0.29) is 5.97 Å². The first kappa shape index (κ1) is 12.8. The van der Waals surface area contributed by atoms with Gasteiger partial charge in [0.15, 0.2) is 0 Å². The molecule has 18 heavy (non-hydrogen) atoms. The molecule has 2 rings (SSSR count). The van der Waals surface area contributed by atoms with E-state index < -0.39 is 0 Å². The molecule has 0 unspecified atom stereocenters. The number of halogens is 1. The van der Waals surface area contributed by atoms with Crippen LogP contribution in [-0.4, -0.2) is 5.97 Å². The average molecular weight is 305 g/mol. The lowest BCUT2D eigenvalue weighted by Gasteiger charge is -2.07. The van der Waals surface area contributed by atoms with Gasteiger partial charge in [-0.3, -0.25) is 0 Å². The summed E-state index contributed by atoms with van der Waals surface area (Å²) in [4.78, 5) is 11.9. The number of aryl methyl sites for hydroxylation is 1. The fraction of sp³-hybridized carbons (Fsp3) is 0.133. The SMILES string of the molecule is CCc1ccc(OC(=O)c2ccccc2)c(Br)c1. The molecule has 0 amide bonds. The first-order chi connectivity index (χ1) is 8.70. The highest BCUT2D eigenvalue weighted by atomic mass is 79.9. The average Bonchev–Trinajstić information content (AvgIpc) is 2.42. The predicted octanol–water partition coefficient (Wildman–Crippen LogP) is 4.23. The van der Waals surface area contributed by atoms with Gasteiger partial charge < -0.3 is 4.74 Å². The van der Waals surface area contributed by atoms with Gasteiger partial charge in [-0.05, 0) is 52.2 Å². The molecule has 0 radical (unpaired) electrons. The van der Waals surface area contributed by atoms with Crippen LogP contribution in [0.1, 0.15) is 22.8 Å². The molecule has 0 saturated heterocycles. The highest BCUT2D eigenvalue weighted by Gasteiger charge is 2.10. The fourth-order valence-corrected chi connectivity index (χ4v) is 2.09. The summed E-state index contributed by atoms with van der Waals surface area (Å²) in [6.45, 7) is 2.08. The molecule has 0 N–H and O–H groups in total. The highest BCUT2D eigenvalue weighted by molar-refractivity contribution is 9.10. The maximum Gasteiger partial charge on any atom is 0.343 e. The summed E-state index contributed by atoms with van der Waals surface area (Å²) in [6.07, 6.45) is 0.950. The molecule has 0 aromatic heterocycles. The molecule has 2 aromatic rings. The zero-order valence-electron chi connectivity index (χ0n) is 10.0. The minimum absolute atomic E-state index is 0.347. The van der Waals surface area contributed by atoms with Crippen molar-refractivity contribution in [3.8, 4) is 5.75 Å². The van der Waals surface area contributed by atoms with Crippen LogP contribution in [0.3, 0.4) is 0 Å². The van der Waals surface area contributed by atoms with Crippen LogP contribution in [0.5, 0.6) is 5.75 Å². The Hall–Kier alpha value is -1.61. The van der Waals surface area contributed by atoms with Crippen LogP contribution in [0, 0.1) is 0 Å². The second-order valence-electron chi connectivity index (χ2n) is 3.87. The van der Waals surface area contributed by atoms with Crippen LogP contribution in [0.2, 0.25) is 0 Å². The molecular formula is C15H13BrO2. The second kappa shape index (κ2) is 5.83. The molecule has 2 nitrogen and oxygen atoms in total. The largest absolute Gasteiger partial charge is 0.422 e. The summed E-state index contributed by atoms with van der Waals surface area (Å²) in [5.74, 6) is 0.196. The van der Waals surface area contributed by atoms with Crippen LogP contribution in [0.4, 0.5) is 0 Å². The highest BCUT2D eigenvalue weighted by Crippen LogP contribution is 2.27. The van der Waals surface area contributed by atoms with E-state index in [1.807, 2.05) is 36.4 Å². The number of carbonyl (C=O) groups excluding carboxylic acids is 1. The zero-order valence-corrected chi connectivity index (χ0v) is 11.6. The smallest absolute Gasteiger partial charge is 0.343 e. The second-order valence-corrected chi connectivity index (χ2v) is 4.73. The van der Waals surface area contributed by atoms with Crippen molar-refractivity contribution in [2.45, 2.75) is 13.3 Å². The molecule has 2 aromatic carbocycles. The summed E-state index contributed by atoms with van der Waals surface area (Å²) in [7, 11) is 0. The summed E-state index contributed by atoms with van der Waals surface area (Å²) in [5.41, 5.74) is 1.74. The third-order valence-electron chi connectivity index (χ3n) is 2.62. The van der Waals surface area contributed by atoms with Crippen LogP contribution >= 0.6 is 15.9 Å². The quantitative estimate of drug-likeness (QED) is 0.626. The van der Waals surface area contributed by atoms with Crippen molar-refractivity contribution in [1.29, 1.82) is 0 Å². The lowest BCUT2D eigenvalue weighted by atomic mass is 10.2. The number of hydrogen-bond donors (Lipinski definition) is 0. The van der Waals surface area contributed by atoms with Gasteiger partial charge in [0.05, 0.1) is 10.0 Å². The molecule has 0 fully saturated rings. The lowest BCUT2D eigenvalue weighted by Crippen LogP contribution is -2.08. The van der Waals surface area contributed by atoms with E-state index >= 15 is 0 Å². The molecule has 0 spiro atoms. The van der Waals surface area contributed by atoms with Gasteiger partial charge in [0.2, 0.25) is 0 Å². The van der Waals surface area contributed by atoms with Gasteiger partial charge in [-0.2, -0.15) is 0 Å². The number of ether oxygens (including phenoxy) is 1. The van der Waals surface area contributed by atoms with Gasteiger partial charge in [-0.1, -0.05) is 31.2 Å². The monoisotopic (exact) mass is 304 g/mol. The zero-order chi connectivity index (χ0) is 13.0. The van der Waals surface area contributed by atoms with E-state index in [2.05, 4.69) is 22.9 Å². The Labute approximate surface area is 115 Å². The van der Waals surface area contributed by atoms with Gasteiger partial charge in [-0.15, -0.1) is 0 Å². The van der Waals surface area contributed by atoms with E-state index in [4.69, 9.17) is 4.74 Å². The van der Waals surface area contributed by atoms with E-state index in [0.717, 1.165) is 10.9 Å². The molecule has 0 atom stereocenters. The molecule has 0 bridgehead atoms. The maximum atomic E-state index is 11.9. The Morgan fingerprint density at radius 1 is 1.17 bits per heavy atom. The van der Waals surface area contributed by atoms with E-state index in [1.165, 1.54) is 5.56 Å². The van der Waals surface area contributed by atoms with E-state index in [9.17, 15) is 4.79 Å². The summed E-state index contributed by atoms with van der Waals surface area (Å²) < 4.78 is 6.14. The number of hydrogen-bond acceptors (Lipinski definition) is 2. The first-order valence-corrected chi connectivity index (χ1v) is 6.55. The number of benzene rings is 2. The Balaban J connectivity index is 2.17. The van der Waals surface area contributed by atoms with Gasteiger partial charge >= 0.3 is 5.97 Å². The number of rotatable bonds is 3. The van der Waals surface area contributed by atoms with Crippen LogP contribution < -0.4 is 4.74 Å². The van der Waals surface area contributed by atoms with Gasteiger partial charge in [0.1, 0.15) is 5.75 Å². The summed E-state index contributed by atoms with van der Waals surface area (Å²) in [5, 5.41) is 0. The fourth-order valence-electron chi connectivity index (χ4n) is 1.58. The van der Waals surface area contributed by atoms with Crippen molar-refractivity contribution < 1.29 is 9.53 Å². The molecule has 3 heteroatoms. The normalized spacial score (nSPS) is 10.1. The molecule has 0 saturated carbocycles. The van der Waals surface area contributed by atoms with Crippen molar-refractivity contribution >= 4 is 21.9 Å². The van der Waals surface area contributed by atoms with Gasteiger partial charge in [-0.25, -0.2) is 4.79 Å². The van der Waals surface area contributed by atoms with Crippen LogP contribution in [-0.2, 0) is 6.42 Å². The van der Waals surface area contributed by atoms with E-state index in [0.29, 0.717) is 11.3 Å². The minimum atomic E-state index is -0.347. The van der Waals surface area contributed by atoms with Gasteiger partial charge in [0.25, 0.3) is 0 Å². The number of esters is 1. The molecule has 0 aliphatic rings. The number of carbonyl (C=O) groups is 1. The standard InChI is InChI=1S/C15H13BrO2/c1-2-11-8-9-14(13(16)10-11)18-15(17)12-6-4-3-5-7-12/h3-10H,2H2,1H3. The topological polar surface area (TPSA) is 26.3 Å². The molecule has 0 heterocycles. The Bertz CT molecular complexity index is 550. The molecule has 92 valence electrons. The molecule has 0 aliphatic heterocycles.